The van der Waals surface area contributed by atoms with Crippen molar-refractivity contribution in [2.45, 2.75) is 13.0 Å². The molecule has 0 fully saturated rings. The lowest BCUT2D eigenvalue weighted by atomic mass is 10.1. The number of fused-ring (bicyclic) bond motifs is 1. The summed E-state index contributed by atoms with van der Waals surface area (Å²) >= 11 is 0. The van der Waals surface area contributed by atoms with Crippen LogP contribution < -0.4 is 25.3 Å². The van der Waals surface area contributed by atoms with Gasteiger partial charge in [0.05, 0.1) is 13.5 Å². The minimum absolute atomic E-state index is 0.250. The topological polar surface area (TPSA) is 82.8 Å². The van der Waals surface area contributed by atoms with Gasteiger partial charge in [-0.2, -0.15) is 0 Å². The number of rotatable bonds is 6. The quantitative estimate of drug-likeness (QED) is 0.848. The normalized spacial score (nSPS) is 12.5. The van der Waals surface area contributed by atoms with Crippen molar-refractivity contribution in [3.05, 3.63) is 47.5 Å². The van der Waals surface area contributed by atoms with Gasteiger partial charge in [0.25, 0.3) is 0 Å². The molecule has 0 unspecified atom stereocenters. The number of carbonyl (C=O) groups is 1. The molecule has 1 amide bonds. The van der Waals surface area contributed by atoms with Crippen LogP contribution in [0, 0.1) is 0 Å². The highest BCUT2D eigenvalue weighted by Crippen LogP contribution is 2.40. The van der Waals surface area contributed by atoms with Crippen molar-refractivity contribution in [3.63, 3.8) is 0 Å². The molecule has 2 aromatic rings. The van der Waals surface area contributed by atoms with Crippen LogP contribution in [0.5, 0.6) is 17.2 Å². The van der Waals surface area contributed by atoms with E-state index >= 15 is 0 Å². The van der Waals surface area contributed by atoms with E-state index in [1.807, 2.05) is 36.4 Å². The number of hydrogen-bond acceptors (Lipinski definition) is 5. The monoisotopic (exact) mass is 328 g/mol. The predicted molar refractivity (Wildman–Crippen MR) is 90.7 cm³/mol. The Morgan fingerprint density at radius 3 is 2.62 bits per heavy atom. The lowest BCUT2D eigenvalue weighted by Crippen LogP contribution is -2.16. The summed E-state index contributed by atoms with van der Waals surface area (Å²) in [4.78, 5) is 10.9. The third kappa shape index (κ3) is 3.71. The van der Waals surface area contributed by atoms with Crippen LogP contribution in [0.1, 0.15) is 11.1 Å². The summed E-state index contributed by atoms with van der Waals surface area (Å²) in [5, 5.41) is 3.33. The van der Waals surface area contributed by atoms with E-state index in [1.165, 1.54) is 0 Å². The Morgan fingerprint density at radius 1 is 1.17 bits per heavy atom. The predicted octanol–water partition coefficient (Wildman–Crippen LogP) is 2.11. The Balaban J connectivity index is 1.69. The number of amides is 1. The van der Waals surface area contributed by atoms with Crippen LogP contribution in [0.25, 0.3) is 0 Å². The molecule has 1 heterocycles. The van der Waals surface area contributed by atoms with Gasteiger partial charge in [-0.3, -0.25) is 4.79 Å². The summed E-state index contributed by atoms with van der Waals surface area (Å²) in [6, 6.07) is 11.5. The van der Waals surface area contributed by atoms with E-state index in [-0.39, 0.29) is 12.3 Å². The first-order chi connectivity index (χ1) is 11.7. The van der Waals surface area contributed by atoms with Crippen molar-refractivity contribution in [3.8, 4) is 17.2 Å². The van der Waals surface area contributed by atoms with Crippen LogP contribution in [0.4, 0.5) is 5.69 Å². The first-order valence-electron chi connectivity index (χ1n) is 7.73. The first-order valence-corrected chi connectivity index (χ1v) is 7.73. The van der Waals surface area contributed by atoms with Gasteiger partial charge in [0, 0.05) is 12.2 Å². The van der Waals surface area contributed by atoms with Gasteiger partial charge in [0.1, 0.15) is 13.2 Å². The molecule has 126 valence electrons. The fraction of sp³-hybridized carbons (Fsp3) is 0.278. The molecule has 0 saturated carbocycles. The van der Waals surface area contributed by atoms with Crippen LogP contribution in [0.2, 0.25) is 0 Å². The summed E-state index contributed by atoms with van der Waals surface area (Å²) in [6.07, 6.45) is 0.250. The minimum atomic E-state index is -0.334. The fourth-order valence-corrected chi connectivity index (χ4v) is 2.58. The SMILES string of the molecule is COc1cc(CNc2ccc(CC(N)=O)cc2)cc2c1OCCO2. The van der Waals surface area contributed by atoms with Gasteiger partial charge in [-0.25, -0.2) is 0 Å². The van der Waals surface area contributed by atoms with E-state index in [2.05, 4.69) is 5.32 Å². The van der Waals surface area contributed by atoms with E-state index in [4.69, 9.17) is 19.9 Å². The average molecular weight is 328 g/mol. The maximum atomic E-state index is 10.9. The van der Waals surface area contributed by atoms with E-state index < -0.39 is 0 Å². The molecule has 0 atom stereocenters. The molecular weight excluding hydrogens is 308 g/mol. The number of primary amides is 1. The van der Waals surface area contributed by atoms with E-state index in [1.54, 1.807) is 7.11 Å². The maximum absolute atomic E-state index is 10.9. The Labute approximate surface area is 140 Å². The van der Waals surface area contributed by atoms with Crippen LogP contribution in [0.3, 0.4) is 0 Å². The molecule has 0 saturated heterocycles. The third-order valence-corrected chi connectivity index (χ3v) is 3.72. The maximum Gasteiger partial charge on any atom is 0.221 e. The minimum Gasteiger partial charge on any atom is -0.493 e. The van der Waals surface area contributed by atoms with Gasteiger partial charge >= 0.3 is 0 Å². The molecule has 0 aromatic heterocycles. The first kappa shape index (κ1) is 16.0. The second kappa shape index (κ2) is 7.12. The molecule has 3 rings (SSSR count). The Kier molecular flexibility index (Phi) is 4.74. The number of ether oxygens (including phenoxy) is 3. The third-order valence-electron chi connectivity index (χ3n) is 3.72. The Hall–Kier alpha value is -2.89. The summed E-state index contributed by atoms with van der Waals surface area (Å²) in [5.41, 5.74) is 8.07. The van der Waals surface area contributed by atoms with Crippen molar-refractivity contribution in [1.82, 2.24) is 0 Å². The molecular formula is C18H20N2O4. The molecule has 1 aliphatic rings. The van der Waals surface area contributed by atoms with Gasteiger partial charge in [-0.1, -0.05) is 12.1 Å². The molecule has 0 aliphatic carbocycles. The number of methoxy groups -OCH3 is 1. The van der Waals surface area contributed by atoms with Crippen molar-refractivity contribution in [1.29, 1.82) is 0 Å². The zero-order valence-corrected chi connectivity index (χ0v) is 13.5. The van der Waals surface area contributed by atoms with Gasteiger partial charge in [0.2, 0.25) is 11.7 Å². The zero-order valence-electron chi connectivity index (χ0n) is 13.5. The highest BCUT2D eigenvalue weighted by Gasteiger charge is 2.18. The molecule has 0 radical (unpaired) electrons. The van der Waals surface area contributed by atoms with Gasteiger partial charge < -0.3 is 25.3 Å². The molecule has 0 spiro atoms. The van der Waals surface area contributed by atoms with Gasteiger partial charge in [-0.05, 0) is 35.4 Å². The highest BCUT2D eigenvalue weighted by molar-refractivity contribution is 5.76. The lowest BCUT2D eigenvalue weighted by molar-refractivity contribution is -0.117. The molecule has 2 aromatic carbocycles. The summed E-state index contributed by atoms with van der Waals surface area (Å²) in [5.74, 6) is 1.69. The number of nitrogens with two attached hydrogens (primary N) is 1. The number of nitrogens with one attached hydrogen (secondary N) is 1. The molecule has 3 N–H and O–H groups in total. The zero-order chi connectivity index (χ0) is 16.9. The second-order valence-corrected chi connectivity index (χ2v) is 5.52. The summed E-state index contributed by atoms with van der Waals surface area (Å²) in [7, 11) is 1.61. The molecule has 24 heavy (non-hydrogen) atoms. The van der Waals surface area contributed by atoms with Crippen molar-refractivity contribution in [2.24, 2.45) is 5.73 Å². The summed E-state index contributed by atoms with van der Waals surface area (Å²) in [6.45, 7) is 1.68. The Morgan fingerprint density at radius 2 is 1.92 bits per heavy atom. The Bertz CT molecular complexity index is 711. The number of benzene rings is 2. The molecule has 1 aliphatic heterocycles. The second-order valence-electron chi connectivity index (χ2n) is 5.52. The van der Waals surface area contributed by atoms with Gasteiger partial charge in [-0.15, -0.1) is 0 Å². The van der Waals surface area contributed by atoms with Gasteiger partial charge in [0.15, 0.2) is 11.5 Å². The fourth-order valence-electron chi connectivity index (χ4n) is 2.58. The number of anilines is 1. The standard InChI is InChI=1S/C18H20N2O4/c1-22-15-8-13(9-16-18(15)24-7-6-23-16)11-20-14-4-2-12(3-5-14)10-17(19)21/h2-5,8-9,20H,6-7,10-11H2,1H3,(H2,19,21). The highest BCUT2D eigenvalue weighted by atomic mass is 16.6. The van der Waals surface area contributed by atoms with Crippen LogP contribution >= 0.6 is 0 Å². The van der Waals surface area contributed by atoms with Crippen molar-refractivity contribution in [2.75, 3.05) is 25.6 Å². The largest absolute Gasteiger partial charge is 0.493 e. The van der Waals surface area contributed by atoms with Crippen molar-refractivity contribution >= 4 is 11.6 Å². The van der Waals surface area contributed by atoms with E-state index in [0.717, 1.165) is 16.8 Å². The molecule has 6 heteroatoms. The van der Waals surface area contributed by atoms with Crippen LogP contribution in [0.15, 0.2) is 36.4 Å². The van der Waals surface area contributed by atoms with Crippen molar-refractivity contribution < 1.29 is 19.0 Å². The number of hydrogen-bond donors (Lipinski definition) is 2. The molecule has 0 bridgehead atoms. The van der Waals surface area contributed by atoms with E-state index in [9.17, 15) is 4.79 Å². The van der Waals surface area contributed by atoms with Crippen LogP contribution in [-0.4, -0.2) is 26.2 Å². The smallest absolute Gasteiger partial charge is 0.221 e. The summed E-state index contributed by atoms with van der Waals surface area (Å²) < 4.78 is 16.6. The average Bonchev–Trinajstić information content (AvgIpc) is 2.60. The van der Waals surface area contributed by atoms with E-state index in [0.29, 0.717) is 37.0 Å². The lowest BCUT2D eigenvalue weighted by Gasteiger charge is -2.21. The van der Waals surface area contributed by atoms with Crippen LogP contribution in [-0.2, 0) is 17.8 Å². The number of carbonyl (C=O) groups excluding carboxylic acids is 1. The molecule has 6 nitrogen and oxygen atoms in total.